The van der Waals surface area contributed by atoms with Crippen molar-refractivity contribution in [3.05, 3.63) is 66.1 Å². The van der Waals surface area contributed by atoms with E-state index >= 15 is 0 Å². The zero-order chi connectivity index (χ0) is 12.8. The van der Waals surface area contributed by atoms with Crippen LogP contribution in [0.15, 0.2) is 60.5 Å². The van der Waals surface area contributed by atoms with Crippen LogP contribution in [0.1, 0.15) is 5.56 Å². The SMILES string of the molecule is C=CSCc1ccc(-c2ccc(OC)cc2)cc1. The highest BCUT2D eigenvalue weighted by Gasteiger charge is 1.99. The van der Waals surface area contributed by atoms with Gasteiger partial charge in [-0.3, -0.25) is 0 Å². The Morgan fingerprint density at radius 3 is 2.06 bits per heavy atom. The van der Waals surface area contributed by atoms with Crippen molar-refractivity contribution >= 4 is 11.8 Å². The molecule has 0 N–H and O–H groups in total. The Morgan fingerprint density at radius 1 is 1.00 bits per heavy atom. The molecule has 1 nitrogen and oxygen atoms in total. The summed E-state index contributed by atoms with van der Waals surface area (Å²) in [6.45, 7) is 3.71. The summed E-state index contributed by atoms with van der Waals surface area (Å²) in [6.07, 6.45) is 0. The molecule has 0 atom stereocenters. The Labute approximate surface area is 112 Å². The smallest absolute Gasteiger partial charge is 0.118 e. The fourth-order valence-corrected chi connectivity index (χ4v) is 2.23. The predicted molar refractivity (Wildman–Crippen MR) is 79.9 cm³/mol. The third-order valence-electron chi connectivity index (χ3n) is 2.75. The maximum atomic E-state index is 5.16. The van der Waals surface area contributed by atoms with E-state index in [1.54, 1.807) is 18.9 Å². The van der Waals surface area contributed by atoms with E-state index in [1.807, 2.05) is 17.5 Å². The summed E-state index contributed by atoms with van der Waals surface area (Å²) >= 11 is 1.72. The number of hydrogen-bond acceptors (Lipinski definition) is 2. The van der Waals surface area contributed by atoms with Gasteiger partial charge in [0, 0.05) is 5.75 Å². The lowest BCUT2D eigenvalue weighted by Crippen LogP contribution is -1.84. The quantitative estimate of drug-likeness (QED) is 0.764. The summed E-state index contributed by atoms with van der Waals surface area (Å²) in [5.41, 5.74) is 3.75. The van der Waals surface area contributed by atoms with Gasteiger partial charge in [-0.1, -0.05) is 43.0 Å². The molecule has 0 fully saturated rings. The molecule has 0 bridgehead atoms. The van der Waals surface area contributed by atoms with Gasteiger partial charge in [-0.2, -0.15) is 0 Å². The minimum Gasteiger partial charge on any atom is -0.497 e. The van der Waals surface area contributed by atoms with Crippen molar-refractivity contribution in [3.8, 4) is 16.9 Å². The molecule has 0 amide bonds. The summed E-state index contributed by atoms with van der Waals surface area (Å²) in [4.78, 5) is 0. The van der Waals surface area contributed by atoms with Crippen LogP contribution in [-0.2, 0) is 5.75 Å². The summed E-state index contributed by atoms with van der Waals surface area (Å²) in [6, 6.07) is 16.7. The summed E-state index contributed by atoms with van der Waals surface area (Å²) < 4.78 is 5.16. The van der Waals surface area contributed by atoms with E-state index in [2.05, 4.69) is 43.0 Å². The van der Waals surface area contributed by atoms with E-state index in [-0.39, 0.29) is 0 Å². The van der Waals surface area contributed by atoms with Crippen LogP contribution in [0.4, 0.5) is 0 Å². The highest BCUT2D eigenvalue weighted by Crippen LogP contribution is 2.23. The van der Waals surface area contributed by atoms with Crippen molar-refractivity contribution in [2.75, 3.05) is 7.11 Å². The molecule has 0 heterocycles. The zero-order valence-electron chi connectivity index (χ0n) is 10.4. The van der Waals surface area contributed by atoms with E-state index < -0.39 is 0 Å². The van der Waals surface area contributed by atoms with Gasteiger partial charge in [-0.05, 0) is 34.2 Å². The minimum absolute atomic E-state index is 0.887. The maximum absolute atomic E-state index is 5.16. The Hall–Kier alpha value is -1.67. The van der Waals surface area contributed by atoms with E-state index in [9.17, 15) is 0 Å². The molecule has 0 unspecified atom stereocenters. The molecule has 92 valence electrons. The first-order valence-electron chi connectivity index (χ1n) is 5.79. The van der Waals surface area contributed by atoms with Gasteiger partial charge in [0.05, 0.1) is 7.11 Å². The van der Waals surface area contributed by atoms with Crippen molar-refractivity contribution in [1.82, 2.24) is 0 Å². The fraction of sp³-hybridized carbons (Fsp3) is 0.125. The molecule has 0 aliphatic carbocycles. The van der Waals surface area contributed by atoms with Crippen LogP contribution in [0.5, 0.6) is 5.75 Å². The highest BCUT2D eigenvalue weighted by atomic mass is 32.2. The van der Waals surface area contributed by atoms with Crippen LogP contribution >= 0.6 is 11.8 Å². The molecular weight excluding hydrogens is 240 g/mol. The molecule has 0 aliphatic heterocycles. The van der Waals surface area contributed by atoms with E-state index in [0.717, 1.165) is 11.5 Å². The van der Waals surface area contributed by atoms with Gasteiger partial charge >= 0.3 is 0 Å². The third-order valence-corrected chi connectivity index (χ3v) is 3.48. The standard InChI is InChI=1S/C16H16OS/c1-3-18-12-13-4-6-14(7-5-13)15-8-10-16(17-2)11-9-15/h3-11H,1,12H2,2H3. The number of rotatable bonds is 5. The topological polar surface area (TPSA) is 9.23 Å². The largest absolute Gasteiger partial charge is 0.497 e. The number of benzene rings is 2. The molecule has 0 aromatic heterocycles. The second kappa shape index (κ2) is 6.31. The lowest BCUT2D eigenvalue weighted by atomic mass is 10.0. The van der Waals surface area contributed by atoms with Crippen molar-refractivity contribution in [2.45, 2.75) is 5.75 Å². The van der Waals surface area contributed by atoms with Crippen molar-refractivity contribution in [3.63, 3.8) is 0 Å². The molecule has 0 aliphatic rings. The van der Waals surface area contributed by atoms with Crippen LogP contribution in [0.3, 0.4) is 0 Å². The van der Waals surface area contributed by atoms with Crippen LogP contribution in [-0.4, -0.2) is 7.11 Å². The first-order valence-corrected chi connectivity index (χ1v) is 6.84. The Balaban J connectivity index is 2.14. The molecule has 0 radical (unpaired) electrons. The van der Waals surface area contributed by atoms with Gasteiger partial charge in [0.15, 0.2) is 0 Å². The fourth-order valence-electron chi connectivity index (χ4n) is 1.73. The van der Waals surface area contributed by atoms with Crippen LogP contribution in [0.25, 0.3) is 11.1 Å². The van der Waals surface area contributed by atoms with Gasteiger partial charge in [0.2, 0.25) is 0 Å². The lowest BCUT2D eigenvalue weighted by molar-refractivity contribution is 0.415. The first kappa shape index (κ1) is 12.8. The van der Waals surface area contributed by atoms with Gasteiger partial charge < -0.3 is 4.74 Å². The average molecular weight is 256 g/mol. The first-order chi connectivity index (χ1) is 8.83. The van der Waals surface area contributed by atoms with E-state index in [4.69, 9.17) is 4.74 Å². The average Bonchev–Trinajstić information content (AvgIpc) is 2.46. The Bertz CT molecular complexity index is 500. The highest BCUT2D eigenvalue weighted by molar-refractivity contribution is 8.01. The molecule has 2 rings (SSSR count). The summed E-state index contributed by atoms with van der Waals surface area (Å²) in [5, 5.41) is 1.87. The van der Waals surface area contributed by atoms with Gasteiger partial charge in [-0.15, -0.1) is 11.8 Å². The number of thioether (sulfide) groups is 1. The number of hydrogen-bond donors (Lipinski definition) is 0. The van der Waals surface area contributed by atoms with E-state index in [1.165, 1.54) is 16.7 Å². The molecule has 0 spiro atoms. The number of ether oxygens (including phenoxy) is 1. The second-order valence-corrected chi connectivity index (χ2v) is 4.86. The second-order valence-electron chi connectivity index (χ2n) is 3.90. The Morgan fingerprint density at radius 2 is 1.56 bits per heavy atom. The monoisotopic (exact) mass is 256 g/mol. The zero-order valence-corrected chi connectivity index (χ0v) is 11.2. The van der Waals surface area contributed by atoms with Gasteiger partial charge in [0.25, 0.3) is 0 Å². The molecule has 2 heteroatoms. The maximum Gasteiger partial charge on any atom is 0.118 e. The van der Waals surface area contributed by atoms with Crippen LogP contribution in [0, 0.1) is 0 Å². The molecule has 0 saturated heterocycles. The Kier molecular flexibility index (Phi) is 4.48. The van der Waals surface area contributed by atoms with E-state index in [0.29, 0.717) is 0 Å². The number of methoxy groups -OCH3 is 1. The molecule has 2 aromatic rings. The van der Waals surface area contributed by atoms with Gasteiger partial charge in [-0.25, -0.2) is 0 Å². The van der Waals surface area contributed by atoms with Crippen LogP contribution in [0.2, 0.25) is 0 Å². The van der Waals surface area contributed by atoms with Crippen molar-refractivity contribution in [1.29, 1.82) is 0 Å². The molecular formula is C16H16OS. The lowest BCUT2D eigenvalue weighted by Gasteiger charge is -2.05. The molecule has 0 saturated carbocycles. The summed E-state index contributed by atoms with van der Waals surface area (Å²) in [7, 11) is 1.68. The normalized spacial score (nSPS) is 10.1. The molecule has 18 heavy (non-hydrogen) atoms. The minimum atomic E-state index is 0.887. The summed E-state index contributed by atoms with van der Waals surface area (Å²) in [5.74, 6) is 1.87. The van der Waals surface area contributed by atoms with Gasteiger partial charge in [0.1, 0.15) is 5.75 Å². The van der Waals surface area contributed by atoms with Crippen molar-refractivity contribution in [2.24, 2.45) is 0 Å². The third kappa shape index (κ3) is 3.17. The predicted octanol–water partition coefficient (Wildman–Crippen LogP) is 4.74. The van der Waals surface area contributed by atoms with Crippen LogP contribution < -0.4 is 4.74 Å². The molecule has 2 aromatic carbocycles. The van der Waals surface area contributed by atoms with Crippen molar-refractivity contribution < 1.29 is 4.74 Å².